The third kappa shape index (κ3) is 3.26. The van der Waals surface area contributed by atoms with Gasteiger partial charge in [0.1, 0.15) is 27.9 Å². The molecule has 9 heteroatoms. The highest BCUT2D eigenvalue weighted by atomic mass is 32.1. The summed E-state index contributed by atoms with van der Waals surface area (Å²) in [5.41, 5.74) is 1.67. The number of hydrogen-bond acceptors (Lipinski definition) is 7. The lowest BCUT2D eigenvalue weighted by Gasteiger charge is -2.15. The smallest absolute Gasteiger partial charge is 0.263 e. The number of alkyl halides is 1. The van der Waals surface area contributed by atoms with Crippen molar-refractivity contribution in [1.29, 1.82) is 0 Å². The molecule has 4 aromatic rings. The zero-order chi connectivity index (χ0) is 22.7. The van der Waals surface area contributed by atoms with Crippen molar-refractivity contribution < 1.29 is 18.7 Å². The topological polar surface area (TPSA) is 90.4 Å². The predicted octanol–water partition coefficient (Wildman–Crippen LogP) is 3.24. The van der Waals surface area contributed by atoms with Gasteiger partial charge in [-0.15, -0.1) is 11.3 Å². The summed E-state index contributed by atoms with van der Waals surface area (Å²) < 4.78 is 26.9. The minimum atomic E-state index is -1.47. The van der Waals surface area contributed by atoms with Gasteiger partial charge in [0.15, 0.2) is 12.6 Å². The Balaban J connectivity index is 1.68. The minimum Gasteiger partial charge on any atom is -0.508 e. The molecule has 2 aliphatic carbocycles. The minimum absolute atomic E-state index is 0.0261. The third-order valence-corrected chi connectivity index (χ3v) is 7.34. The molecule has 0 amide bonds. The van der Waals surface area contributed by atoms with Crippen LogP contribution in [0.15, 0.2) is 40.0 Å². The summed E-state index contributed by atoms with van der Waals surface area (Å²) in [6.45, 7) is 0.152. The molecule has 6 rings (SSSR count). The number of rotatable bonds is 5. The van der Waals surface area contributed by atoms with E-state index in [0.717, 1.165) is 41.1 Å². The molecule has 0 saturated heterocycles. The zero-order valence-corrected chi connectivity index (χ0v) is 18.6. The SMILES string of the molecule is COc1ccc(-c2nc3sc4c(c3c(=O)n2Cc2cnco2)=CCC(F)C=4O)c(C2CC2)c1. The Bertz CT molecular complexity index is 1570. The van der Waals surface area contributed by atoms with Gasteiger partial charge in [0.25, 0.3) is 5.56 Å². The van der Waals surface area contributed by atoms with Crippen molar-refractivity contribution in [2.24, 2.45) is 0 Å². The summed E-state index contributed by atoms with van der Waals surface area (Å²) in [6.07, 6.45) is 5.25. The van der Waals surface area contributed by atoms with Crippen LogP contribution in [-0.4, -0.2) is 32.9 Å². The Morgan fingerprint density at radius 2 is 2.21 bits per heavy atom. The molecule has 0 aliphatic heterocycles. The Morgan fingerprint density at radius 3 is 2.94 bits per heavy atom. The van der Waals surface area contributed by atoms with Crippen molar-refractivity contribution in [3.8, 4) is 17.1 Å². The number of nitrogens with zero attached hydrogens (tertiary/aromatic N) is 3. The monoisotopic (exact) mass is 465 g/mol. The van der Waals surface area contributed by atoms with Crippen LogP contribution in [0.4, 0.5) is 4.39 Å². The number of aliphatic hydroxyl groups is 1. The van der Waals surface area contributed by atoms with Gasteiger partial charge in [-0.25, -0.2) is 14.4 Å². The van der Waals surface area contributed by atoms with Gasteiger partial charge in [0.05, 0.1) is 29.8 Å². The number of aliphatic hydroxyl groups excluding tert-OH is 1. The molecule has 2 aliphatic rings. The maximum atomic E-state index is 14.1. The van der Waals surface area contributed by atoms with Gasteiger partial charge >= 0.3 is 0 Å². The van der Waals surface area contributed by atoms with Crippen LogP contribution in [-0.2, 0) is 6.54 Å². The van der Waals surface area contributed by atoms with Gasteiger partial charge in [-0.1, -0.05) is 6.08 Å². The van der Waals surface area contributed by atoms with Gasteiger partial charge < -0.3 is 14.3 Å². The molecule has 1 aromatic carbocycles. The van der Waals surface area contributed by atoms with Gasteiger partial charge in [-0.05, 0) is 42.5 Å². The maximum Gasteiger partial charge on any atom is 0.263 e. The van der Waals surface area contributed by atoms with Gasteiger partial charge in [0, 0.05) is 17.2 Å². The van der Waals surface area contributed by atoms with E-state index in [9.17, 15) is 14.3 Å². The lowest BCUT2D eigenvalue weighted by molar-refractivity contribution is 0.332. The Labute approximate surface area is 191 Å². The van der Waals surface area contributed by atoms with Crippen molar-refractivity contribution in [3.63, 3.8) is 0 Å². The first-order valence-electron chi connectivity index (χ1n) is 10.7. The average molecular weight is 466 g/mol. The fourth-order valence-corrected chi connectivity index (χ4v) is 5.55. The second-order valence-corrected chi connectivity index (χ2v) is 9.34. The molecule has 7 nitrogen and oxygen atoms in total. The van der Waals surface area contributed by atoms with Crippen LogP contribution in [0, 0.1) is 0 Å². The van der Waals surface area contributed by atoms with E-state index in [1.54, 1.807) is 23.9 Å². The Kier molecular flexibility index (Phi) is 4.62. The van der Waals surface area contributed by atoms with Gasteiger partial charge in [0.2, 0.25) is 0 Å². The summed E-state index contributed by atoms with van der Waals surface area (Å²) >= 11 is 1.15. The molecule has 1 unspecified atom stereocenters. The molecule has 168 valence electrons. The van der Waals surface area contributed by atoms with Crippen LogP contribution in [0.1, 0.15) is 36.5 Å². The molecular formula is C24H20FN3O4S. The number of halogens is 1. The third-order valence-electron chi connectivity index (χ3n) is 6.22. The number of benzene rings is 1. The van der Waals surface area contributed by atoms with E-state index in [1.807, 2.05) is 18.2 Å². The highest BCUT2D eigenvalue weighted by Crippen LogP contribution is 2.45. The van der Waals surface area contributed by atoms with Crippen LogP contribution >= 0.6 is 11.3 Å². The Morgan fingerprint density at radius 1 is 1.36 bits per heavy atom. The molecule has 0 spiro atoms. The number of methoxy groups -OCH3 is 1. The second-order valence-electron chi connectivity index (χ2n) is 8.34. The van der Waals surface area contributed by atoms with Crippen molar-refractivity contribution in [2.75, 3.05) is 7.11 Å². The molecule has 1 saturated carbocycles. The molecule has 1 atom stereocenters. The van der Waals surface area contributed by atoms with Crippen LogP contribution in [0.5, 0.6) is 5.75 Å². The first kappa shape index (κ1) is 20.2. The van der Waals surface area contributed by atoms with E-state index in [4.69, 9.17) is 14.1 Å². The highest BCUT2D eigenvalue weighted by molar-refractivity contribution is 7.16. The standard InChI is InChI=1S/C24H20FN3O4S/c1-31-13-4-5-15(17(8-13)12-2-3-12)22-27-23-19(16-6-7-18(25)20(29)21(16)33-23)24(30)28(22)10-14-9-26-11-32-14/h4-6,8-9,11-12,18,29H,2-3,7,10H2,1H3. The number of hydrogen-bond donors (Lipinski definition) is 1. The molecule has 3 heterocycles. The normalized spacial score (nSPS) is 17.8. The summed E-state index contributed by atoms with van der Waals surface area (Å²) in [5.74, 6) is 1.83. The number of ether oxygens (including phenoxy) is 1. The zero-order valence-electron chi connectivity index (χ0n) is 17.7. The summed E-state index contributed by atoms with van der Waals surface area (Å²) in [5, 5.41) is 11.3. The van der Waals surface area contributed by atoms with E-state index in [2.05, 4.69) is 4.98 Å². The predicted molar refractivity (Wildman–Crippen MR) is 123 cm³/mol. The van der Waals surface area contributed by atoms with Crippen LogP contribution in [0.2, 0.25) is 0 Å². The number of fused-ring (bicyclic) bond motifs is 3. The number of thiophene rings is 1. The molecule has 1 N–H and O–H groups in total. The largest absolute Gasteiger partial charge is 0.508 e. The average Bonchev–Trinajstić information content (AvgIpc) is 3.41. The van der Waals surface area contributed by atoms with Gasteiger partial charge in [-0.3, -0.25) is 9.36 Å². The van der Waals surface area contributed by atoms with Crippen molar-refractivity contribution in [1.82, 2.24) is 14.5 Å². The quantitative estimate of drug-likeness (QED) is 0.487. The lowest BCUT2D eigenvalue weighted by Crippen LogP contribution is -2.34. The highest BCUT2D eigenvalue weighted by Gasteiger charge is 2.29. The van der Waals surface area contributed by atoms with Crippen molar-refractivity contribution in [3.05, 3.63) is 62.2 Å². The van der Waals surface area contributed by atoms with Crippen LogP contribution < -0.4 is 20.0 Å². The molecule has 1 fully saturated rings. The maximum absolute atomic E-state index is 14.1. The van der Waals surface area contributed by atoms with Crippen LogP contribution in [0.3, 0.4) is 0 Å². The number of aromatic nitrogens is 3. The number of oxazole rings is 1. The first-order valence-corrected chi connectivity index (χ1v) is 11.5. The fourth-order valence-electron chi connectivity index (χ4n) is 4.40. The first-order chi connectivity index (χ1) is 16.0. The Hall–Kier alpha value is -3.46. The summed E-state index contributed by atoms with van der Waals surface area (Å²) in [6, 6.07) is 5.79. The van der Waals surface area contributed by atoms with E-state index in [1.165, 1.54) is 6.39 Å². The lowest BCUT2D eigenvalue weighted by atomic mass is 10.0. The van der Waals surface area contributed by atoms with E-state index in [-0.39, 0.29) is 24.3 Å². The van der Waals surface area contributed by atoms with E-state index >= 15 is 0 Å². The molecule has 0 bridgehead atoms. The molecule has 33 heavy (non-hydrogen) atoms. The molecule has 0 radical (unpaired) electrons. The fraction of sp³-hybridized carbons (Fsp3) is 0.292. The molecule has 3 aromatic heterocycles. The molecular weight excluding hydrogens is 445 g/mol. The summed E-state index contributed by atoms with van der Waals surface area (Å²) in [7, 11) is 1.63. The van der Waals surface area contributed by atoms with E-state index < -0.39 is 6.17 Å². The van der Waals surface area contributed by atoms with Crippen molar-refractivity contribution >= 4 is 33.4 Å². The van der Waals surface area contributed by atoms with Crippen molar-refractivity contribution in [2.45, 2.75) is 37.9 Å². The van der Waals surface area contributed by atoms with Gasteiger partial charge in [-0.2, -0.15) is 0 Å². The summed E-state index contributed by atoms with van der Waals surface area (Å²) in [4.78, 5) is 23.2. The van der Waals surface area contributed by atoms with E-state index in [0.29, 0.717) is 37.5 Å². The second kappa shape index (κ2) is 7.55. The van der Waals surface area contributed by atoms with Crippen LogP contribution in [0.25, 0.3) is 33.4 Å².